The molecule has 0 spiro atoms. The molecule has 0 aliphatic carbocycles. The molecule has 16 heavy (non-hydrogen) atoms. The number of carbonyl (C=O) groups excluding carboxylic acids is 1. The SMILES string of the molecule is Cc1noc(C)c1CNC(=O)c1ccco1. The lowest BCUT2D eigenvalue weighted by atomic mass is 10.2. The van der Waals surface area contributed by atoms with Gasteiger partial charge in [-0.05, 0) is 26.0 Å². The van der Waals surface area contributed by atoms with E-state index in [0.717, 1.165) is 17.0 Å². The number of hydrogen-bond acceptors (Lipinski definition) is 4. The summed E-state index contributed by atoms with van der Waals surface area (Å²) in [5.41, 5.74) is 1.69. The lowest BCUT2D eigenvalue weighted by Gasteiger charge is -2.01. The zero-order chi connectivity index (χ0) is 11.5. The van der Waals surface area contributed by atoms with E-state index in [1.54, 1.807) is 12.1 Å². The molecule has 0 unspecified atom stereocenters. The largest absolute Gasteiger partial charge is 0.459 e. The third-order valence-electron chi connectivity index (χ3n) is 2.35. The van der Waals surface area contributed by atoms with Crippen molar-refractivity contribution in [1.82, 2.24) is 10.5 Å². The van der Waals surface area contributed by atoms with E-state index in [1.165, 1.54) is 6.26 Å². The topological polar surface area (TPSA) is 68.3 Å². The van der Waals surface area contributed by atoms with Gasteiger partial charge in [-0.15, -0.1) is 0 Å². The summed E-state index contributed by atoms with van der Waals surface area (Å²) >= 11 is 0. The summed E-state index contributed by atoms with van der Waals surface area (Å²) in [5.74, 6) is 0.772. The van der Waals surface area contributed by atoms with Crippen LogP contribution in [0.25, 0.3) is 0 Å². The molecule has 0 aromatic carbocycles. The molecule has 84 valence electrons. The van der Waals surface area contributed by atoms with E-state index >= 15 is 0 Å². The molecular weight excluding hydrogens is 208 g/mol. The van der Waals surface area contributed by atoms with Crippen LogP contribution in [0.3, 0.4) is 0 Å². The highest BCUT2D eigenvalue weighted by Crippen LogP contribution is 2.11. The number of hydrogen-bond donors (Lipinski definition) is 1. The summed E-state index contributed by atoms with van der Waals surface area (Å²) in [7, 11) is 0. The minimum atomic E-state index is -0.245. The van der Waals surface area contributed by atoms with Crippen molar-refractivity contribution >= 4 is 5.91 Å². The number of aromatic nitrogens is 1. The first-order chi connectivity index (χ1) is 7.68. The fraction of sp³-hybridized carbons (Fsp3) is 0.273. The Morgan fingerprint density at radius 2 is 2.31 bits per heavy atom. The number of aryl methyl sites for hydroxylation is 2. The Kier molecular flexibility index (Phi) is 2.76. The van der Waals surface area contributed by atoms with E-state index in [0.29, 0.717) is 12.3 Å². The molecule has 1 N–H and O–H groups in total. The van der Waals surface area contributed by atoms with Crippen LogP contribution >= 0.6 is 0 Å². The number of amides is 1. The Hall–Kier alpha value is -2.04. The van der Waals surface area contributed by atoms with Crippen LogP contribution in [-0.2, 0) is 6.54 Å². The molecule has 0 saturated carbocycles. The molecule has 0 saturated heterocycles. The van der Waals surface area contributed by atoms with Crippen LogP contribution in [0.2, 0.25) is 0 Å². The molecule has 2 rings (SSSR count). The van der Waals surface area contributed by atoms with Gasteiger partial charge in [0.1, 0.15) is 5.76 Å². The normalized spacial score (nSPS) is 10.4. The minimum absolute atomic E-state index is 0.245. The maximum atomic E-state index is 11.6. The highest BCUT2D eigenvalue weighted by molar-refractivity contribution is 5.91. The molecule has 0 radical (unpaired) electrons. The van der Waals surface area contributed by atoms with E-state index in [1.807, 2.05) is 13.8 Å². The lowest BCUT2D eigenvalue weighted by Crippen LogP contribution is -2.22. The van der Waals surface area contributed by atoms with Gasteiger partial charge in [0.2, 0.25) is 0 Å². The number of rotatable bonds is 3. The number of carbonyl (C=O) groups is 1. The molecule has 0 aliphatic heterocycles. The van der Waals surface area contributed by atoms with Crippen LogP contribution in [0.4, 0.5) is 0 Å². The molecule has 0 atom stereocenters. The molecule has 0 aliphatic rings. The van der Waals surface area contributed by atoms with Crippen LogP contribution in [-0.4, -0.2) is 11.1 Å². The molecule has 5 nitrogen and oxygen atoms in total. The van der Waals surface area contributed by atoms with Crippen molar-refractivity contribution in [3.63, 3.8) is 0 Å². The Balaban J connectivity index is 2.01. The maximum absolute atomic E-state index is 11.6. The Labute approximate surface area is 92.4 Å². The monoisotopic (exact) mass is 220 g/mol. The lowest BCUT2D eigenvalue weighted by molar-refractivity contribution is 0.0923. The molecule has 2 aromatic heterocycles. The Morgan fingerprint density at radius 3 is 2.88 bits per heavy atom. The number of furan rings is 1. The standard InChI is InChI=1S/C11H12N2O3/c1-7-9(8(2)16-13-7)6-12-11(14)10-4-3-5-15-10/h3-5H,6H2,1-2H3,(H,12,14). The second kappa shape index (κ2) is 4.22. The van der Waals surface area contributed by atoms with Crippen molar-refractivity contribution in [1.29, 1.82) is 0 Å². The van der Waals surface area contributed by atoms with E-state index in [4.69, 9.17) is 8.94 Å². The molecule has 1 amide bonds. The van der Waals surface area contributed by atoms with Gasteiger partial charge in [-0.25, -0.2) is 0 Å². The molecular formula is C11H12N2O3. The van der Waals surface area contributed by atoms with Crippen molar-refractivity contribution in [3.05, 3.63) is 41.2 Å². The molecule has 2 aromatic rings. The summed E-state index contributed by atoms with van der Waals surface area (Å²) in [5, 5.41) is 6.54. The van der Waals surface area contributed by atoms with Crippen LogP contribution in [0.1, 0.15) is 27.6 Å². The van der Waals surface area contributed by atoms with Gasteiger partial charge >= 0.3 is 0 Å². The van der Waals surface area contributed by atoms with Crippen LogP contribution < -0.4 is 5.32 Å². The predicted octanol–water partition coefficient (Wildman–Crippen LogP) is 1.81. The van der Waals surface area contributed by atoms with Gasteiger partial charge in [-0.2, -0.15) is 0 Å². The van der Waals surface area contributed by atoms with Crippen molar-refractivity contribution in [3.8, 4) is 0 Å². The molecule has 2 heterocycles. The Bertz CT molecular complexity index is 466. The molecule has 0 fully saturated rings. The van der Waals surface area contributed by atoms with Crippen molar-refractivity contribution in [2.45, 2.75) is 20.4 Å². The fourth-order valence-electron chi connectivity index (χ4n) is 1.42. The summed E-state index contributed by atoms with van der Waals surface area (Å²) in [6, 6.07) is 3.29. The second-order valence-corrected chi connectivity index (χ2v) is 3.46. The van der Waals surface area contributed by atoms with Gasteiger partial charge in [-0.3, -0.25) is 4.79 Å². The minimum Gasteiger partial charge on any atom is -0.459 e. The first kappa shape index (κ1) is 10.5. The van der Waals surface area contributed by atoms with Gasteiger partial charge in [0.05, 0.1) is 12.0 Å². The summed E-state index contributed by atoms with van der Waals surface area (Å²) < 4.78 is 9.97. The Morgan fingerprint density at radius 1 is 1.50 bits per heavy atom. The zero-order valence-corrected chi connectivity index (χ0v) is 9.11. The highest BCUT2D eigenvalue weighted by atomic mass is 16.5. The highest BCUT2D eigenvalue weighted by Gasteiger charge is 2.12. The van der Waals surface area contributed by atoms with Crippen LogP contribution in [0, 0.1) is 13.8 Å². The first-order valence-corrected chi connectivity index (χ1v) is 4.92. The average Bonchev–Trinajstić information content (AvgIpc) is 2.87. The molecule has 0 bridgehead atoms. The quantitative estimate of drug-likeness (QED) is 0.856. The van der Waals surface area contributed by atoms with Gasteiger partial charge < -0.3 is 14.3 Å². The van der Waals surface area contributed by atoms with Crippen LogP contribution in [0.15, 0.2) is 27.3 Å². The van der Waals surface area contributed by atoms with Gasteiger partial charge in [-0.1, -0.05) is 5.16 Å². The van der Waals surface area contributed by atoms with Crippen LogP contribution in [0.5, 0.6) is 0 Å². The van der Waals surface area contributed by atoms with Crippen molar-refractivity contribution in [2.24, 2.45) is 0 Å². The van der Waals surface area contributed by atoms with E-state index in [9.17, 15) is 4.79 Å². The number of nitrogens with one attached hydrogen (secondary N) is 1. The number of nitrogens with zero attached hydrogens (tertiary/aromatic N) is 1. The summed E-state index contributed by atoms with van der Waals surface area (Å²) in [6.45, 7) is 4.04. The van der Waals surface area contributed by atoms with Gasteiger partial charge in [0.15, 0.2) is 5.76 Å². The summed E-state index contributed by atoms with van der Waals surface area (Å²) in [6.07, 6.45) is 1.46. The van der Waals surface area contributed by atoms with Gasteiger partial charge in [0, 0.05) is 12.1 Å². The smallest absolute Gasteiger partial charge is 0.287 e. The second-order valence-electron chi connectivity index (χ2n) is 3.46. The third-order valence-corrected chi connectivity index (χ3v) is 2.35. The summed E-state index contributed by atoms with van der Waals surface area (Å²) in [4.78, 5) is 11.6. The zero-order valence-electron chi connectivity index (χ0n) is 9.11. The van der Waals surface area contributed by atoms with E-state index in [2.05, 4.69) is 10.5 Å². The average molecular weight is 220 g/mol. The maximum Gasteiger partial charge on any atom is 0.287 e. The van der Waals surface area contributed by atoms with E-state index < -0.39 is 0 Å². The fourth-order valence-corrected chi connectivity index (χ4v) is 1.42. The van der Waals surface area contributed by atoms with E-state index in [-0.39, 0.29) is 5.91 Å². The third kappa shape index (κ3) is 1.98. The van der Waals surface area contributed by atoms with Crippen molar-refractivity contribution < 1.29 is 13.7 Å². The molecule has 5 heteroatoms. The van der Waals surface area contributed by atoms with Crippen molar-refractivity contribution in [2.75, 3.05) is 0 Å². The van der Waals surface area contributed by atoms with Gasteiger partial charge in [0.25, 0.3) is 5.91 Å². The predicted molar refractivity (Wildman–Crippen MR) is 55.9 cm³/mol. The first-order valence-electron chi connectivity index (χ1n) is 4.92.